The summed E-state index contributed by atoms with van der Waals surface area (Å²) in [6, 6.07) is 5.81. The van der Waals surface area contributed by atoms with Crippen molar-refractivity contribution in [3.8, 4) is 0 Å². The summed E-state index contributed by atoms with van der Waals surface area (Å²) in [4.78, 5) is 21.5. The molecule has 6 heteroatoms. The van der Waals surface area contributed by atoms with Crippen LogP contribution in [-0.4, -0.2) is 28.5 Å². The molecule has 0 aliphatic rings. The van der Waals surface area contributed by atoms with E-state index in [4.69, 9.17) is 5.11 Å². The SMILES string of the molecule is O=C(O)CSCC(=O)NCc1ccc(F)cc1. The summed E-state index contributed by atoms with van der Waals surface area (Å²) >= 11 is 1.04. The lowest BCUT2D eigenvalue weighted by Crippen LogP contribution is -2.25. The molecular formula is C11H12FNO3S. The van der Waals surface area contributed by atoms with E-state index in [2.05, 4.69) is 5.32 Å². The van der Waals surface area contributed by atoms with Crippen LogP contribution in [0.4, 0.5) is 4.39 Å². The van der Waals surface area contributed by atoms with Gasteiger partial charge in [0.1, 0.15) is 5.82 Å². The number of carbonyl (C=O) groups is 2. The Morgan fingerprint density at radius 2 is 1.88 bits per heavy atom. The predicted molar refractivity (Wildman–Crippen MR) is 63.2 cm³/mol. The molecule has 0 radical (unpaired) electrons. The molecule has 0 atom stereocenters. The van der Waals surface area contributed by atoms with Crippen molar-refractivity contribution in [2.45, 2.75) is 6.54 Å². The van der Waals surface area contributed by atoms with Gasteiger partial charge in [0.15, 0.2) is 0 Å². The summed E-state index contributed by atoms with van der Waals surface area (Å²) in [7, 11) is 0. The van der Waals surface area contributed by atoms with Gasteiger partial charge in [-0.3, -0.25) is 9.59 Å². The Kier molecular flexibility index (Phi) is 5.48. The zero-order chi connectivity index (χ0) is 12.7. The third-order valence-corrected chi connectivity index (χ3v) is 2.78. The number of halogens is 1. The fourth-order valence-corrected chi connectivity index (χ4v) is 1.65. The number of hydrogen-bond acceptors (Lipinski definition) is 3. The van der Waals surface area contributed by atoms with Crippen LogP contribution in [0.5, 0.6) is 0 Å². The molecule has 0 saturated heterocycles. The zero-order valence-electron chi connectivity index (χ0n) is 8.98. The lowest BCUT2D eigenvalue weighted by Gasteiger charge is -2.04. The van der Waals surface area contributed by atoms with Gasteiger partial charge in [0.05, 0.1) is 11.5 Å². The molecule has 1 aromatic carbocycles. The minimum atomic E-state index is -0.943. The van der Waals surface area contributed by atoms with E-state index in [1.807, 2.05) is 0 Å². The van der Waals surface area contributed by atoms with Crippen LogP contribution >= 0.6 is 11.8 Å². The smallest absolute Gasteiger partial charge is 0.313 e. The molecule has 0 heterocycles. The largest absolute Gasteiger partial charge is 0.481 e. The Bertz CT molecular complexity index is 394. The van der Waals surface area contributed by atoms with Crippen molar-refractivity contribution in [3.05, 3.63) is 35.6 Å². The fourth-order valence-electron chi connectivity index (χ4n) is 1.08. The summed E-state index contributed by atoms with van der Waals surface area (Å²) < 4.78 is 12.6. The summed E-state index contributed by atoms with van der Waals surface area (Å²) in [5.74, 6) is -1.49. The van der Waals surface area contributed by atoms with Crippen molar-refractivity contribution in [3.63, 3.8) is 0 Å². The number of hydrogen-bond donors (Lipinski definition) is 2. The summed E-state index contributed by atoms with van der Waals surface area (Å²) in [5, 5.41) is 11.0. The average Bonchev–Trinajstić information content (AvgIpc) is 2.28. The van der Waals surface area contributed by atoms with E-state index in [1.165, 1.54) is 12.1 Å². The van der Waals surface area contributed by atoms with Crippen LogP contribution in [-0.2, 0) is 16.1 Å². The Labute approximate surface area is 102 Å². The number of carbonyl (C=O) groups excluding carboxylic acids is 1. The summed E-state index contributed by atoms with van der Waals surface area (Å²) in [6.45, 7) is 0.312. The molecule has 1 amide bonds. The van der Waals surface area contributed by atoms with Gasteiger partial charge in [0, 0.05) is 6.54 Å². The number of thioether (sulfide) groups is 1. The second-order valence-electron chi connectivity index (χ2n) is 3.29. The first-order chi connectivity index (χ1) is 8.08. The maximum atomic E-state index is 12.6. The molecule has 1 rings (SSSR count). The molecule has 0 aromatic heterocycles. The molecule has 0 fully saturated rings. The highest BCUT2D eigenvalue weighted by atomic mass is 32.2. The van der Waals surface area contributed by atoms with Gasteiger partial charge in [-0.15, -0.1) is 11.8 Å². The highest BCUT2D eigenvalue weighted by molar-refractivity contribution is 8.00. The minimum absolute atomic E-state index is 0.0933. The molecule has 92 valence electrons. The van der Waals surface area contributed by atoms with Gasteiger partial charge in [-0.1, -0.05) is 12.1 Å². The quantitative estimate of drug-likeness (QED) is 0.805. The minimum Gasteiger partial charge on any atom is -0.481 e. The van der Waals surface area contributed by atoms with E-state index in [-0.39, 0.29) is 23.2 Å². The molecule has 0 aliphatic carbocycles. The molecule has 1 aromatic rings. The molecule has 4 nitrogen and oxygen atoms in total. The third-order valence-electron chi connectivity index (χ3n) is 1.86. The van der Waals surface area contributed by atoms with Crippen molar-refractivity contribution >= 4 is 23.6 Å². The van der Waals surface area contributed by atoms with Crippen LogP contribution < -0.4 is 5.32 Å². The molecule has 0 unspecified atom stereocenters. The number of amides is 1. The van der Waals surface area contributed by atoms with Crippen LogP contribution in [0.1, 0.15) is 5.56 Å². The van der Waals surface area contributed by atoms with Gasteiger partial charge >= 0.3 is 5.97 Å². The second-order valence-corrected chi connectivity index (χ2v) is 4.28. The number of benzene rings is 1. The molecule has 0 spiro atoms. The first-order valence-corrected chi connectivity index (χ1v) is 6.04. The van der Waals surface area contributed by atoms with Crippen molar-refractivity contribution < 1.29 is 19.1 Å². The monoisotopic (exact) mass is 257 g/mol. The zero-order valence-corrected chi connectivity index (χ0v) is 9.80. The molecule has 0 saturated carbocycles. The number of carboxylic acids is 1. The lowest BCUT2D eigenvalue weighted by atomic mass is 10.2. The van der Waals surface area contributed by atoms with Gasteiger partial charge in [0.25, 0.3) is 0 Å². The first-order valence-electron chi connectivity index (χ1n) is 4.88. The number of rotatable bonds is 6. The number of aliphatic carboxylic acids is 1. The van der Waals surface area contributed by atoms with E-state index in [1.54, 1.807) is 12.1 Å². The van der Waals surface area contributed by atoms with Crippen molar-refractivity contribution in [2.24, 2.45) is 0 Å². The molecular weight excluding hydrogens is 245 g/mol. The second kappa shape index (κ2) is 6.90. The highest BCUT2D eigenvalue weighted by Gasteiger charge is 2.03. The van der Waals surface area contributed by atoms with Crippen LogP contribution in [0.2, 0.25) is 0 Å². The number of nitrogens with one attached hydrogen (secondary N) is 1. The molecule has 17 heavy (non-hydrogen) atoms. The van der Waals surface area contributed by atoms with Crippen LogP contribution in [0.15, 0.2) is 24.3 Å². The molecule has 0 aliphatic heterocycles. The first kappa shape index (κ1) is 13.5. The Morgan fingerprint density at radius 1 is 1.24 bits per heavy atom. The van der Waals surface area contributed by atoms with Crippen LogP contribution in [0.3, 0.4) is 0 Å². The summed E-state index contributed by atoms with van der Waals surface area (Å²) in [5.41, 5.74) is 0.794. The summed E-state index contributed by atoms with van der Waals surface area (Å²) in [6.07, 6.45) is 0. The van der Waals surface area contributed by atoms with Gasteiger partial charge < -0.3 is 10.4 Å². The average molecular weight is 257 g/mol. The maximum absolute atomic E-state index is 12.6. The van der Waals surface area contributed by atoms with E-state index >= 15 is 0 Å². The van der Waals surface area contributed by atoms with E-state index in [0.29, 0.717) is 6.54 Å². The van der Waals surface area contributed by atoms with Crippen LogP contribution in [0, 0.1) is 5.82 Å². The standard InChI is InChI=1S/C11H12FNO3S/c12-9-3-1-8(2-4-9)5-13-10(14)6-17-7-11(15)16/h1-4H,5-7H2,(H,13,14)(H,15,16). The highest BCUT2D eigenvalue weighted by Crippen LogP contribution is 2.03. The van der Waals surface area contributed by atoms with E-state index in [0.717, 1.165) is 17.3 Å². The fraction of sp³-hybridized carbons (Fsp3) is 0.273. The van der Waals surface area contributed by atoms with Gasteiger partial charge in [-0.05, 0) is 17.7 Å². The van der Waals surface area contributed by atoms with Crippen LogP contribution in [0.25, 0.3) is 0 Å². The maximum Gasteiger partial charge on any atom is 0.313 e. The van der Waals surface area contributed by atoms with Gasteiger partial charge in [-0.2, -0.15) is 0 Å². The van der Waals surface area contributed by atoms with Gasteiger partial charge in [0.2, 0.25) is 5.91 Å². The van der Waals surface area contributed by atoms with E-state index < -0.39 is 5.97 Å². The molecule has 2 N–H and O–H groups in total. The third kappa shape index (κ3) is 5.91. The predicted octanol–water partition coefficient (Wildman–Crippen LogP) is 1.26. The topological polar surface area (TPSA) is 66.4 Å². The van der Waals surface area contributed by atoms with E-state index in [9.17, 15) is 14.0 Å². The van der Waals surface area contributed by atoms with Crippen molar-refractivity contribution in [2.75, 3.05) is 11.5 Å². The lowest BCUT2D eigenvalue weighted by molar-refractivity contribution is -0.133. The normalized spacial score (nSPS) is 9.94. The molecule has 0 bridgehead atoms. The number of carboxylic acid groups (broad SMARTS) is 1. The Morgan fingerprint density at radius 3 is 2.47 bits per heavy atom. The van der Waals surface area contributed by atoms with Crippen molar-refractivity contribution in [1.82, 2.24) is 5.32 Å². The Balaban J connectivity index is 2.23. The van der Waals surface area contributed by atoms with Crippen molar-refractivity contribution in [1.29, 1.82) is 0 Å². The Hall–Kier alpha value is -1.56. The van der Waals surface area contributed by atoms with Gasteiger partial charge in [-0.25, -0.2) is 4.39 Å².